The number of hydrogen-bond acceptors (Lipinski definition) is 11. The minimum Gasteiger partial charge on any atom is -0.493 e. The molecule has 0 radical (unpaired) electrons. The summed E-state index contributed by atoms with van der Waals surface area (Å²) in [5.74, 6) is 0.450. The number of benzene rings is 2. The van der Waals surface area contributed by atoms with E-state index in [1.807, 2.05) is 24.3 Å². The molecule has 184 valence electrons. The van der Waals surface area contributed by atoms with Crippen LogP contribution in [0.2, 0.25) is 0 Å². The van der Waals surface area contributed by atoms with E-state index in [0.717, 1.165) is 6.07 Å². The van der Waals surface area contributed by atoms with Gasteiger partial charge in [-0.15, -0.1) is 5.11 Å². The van der Waals surface area contributed by atoms with Crippen LogP contribution in [0.5, 0.6) is 11.8 Å². The molecule has 0 amide bonds. The highest BCUT2D eigenvalue weighted by atomic mass is 32.1. The summed E-state index contributed by atoms with van der Waals surface area (Å²) in [6.07, 6.45) is 0. The lowest BCUT2D eigenvalue weighted by Gasteiger charge is -1.99. The minimum absolute atomic E-state index is 0.218. The van der Waals surface area contributed by atoms with Crippen LogP contribution in [-0.2, 0) is 11.5 Å². The molecule has 2 aromatic carbocycles. The normalized spacial score (nSPS) is 9.92. The van der Waals surface area contributed by atoms with Gasteiger partial charge in [-0.1, -0.05) is 36.4 Å². The molecular weight excluding hydrogens is 504 g/mol. The second-order valence-electron chi connectivity index (χ2n) is 6.52. The Bertz CT molecular complexity index is 1440. The van der Waals surface area contributed by atoms with Crippen molar-refractivity contribution in [3.8, 4) is 11.8 Å². The summed E-state index contributed by atoms with van der Waals surface area (Å²) in [6.45, 7) is 0. The molecule has 2 heterocycles. The van der Waals surface area contributed by atoms with E-state index in [9.17, 15) is 14.7 Å². The van der Waals surface area contributed by atoms with Crippen molar-refractivity contribution in [3.63, 3.8) is 0 Å². The van der Waals surface area contributed by atoms with Gasteiger partial charge in [-0.05, 0) is 12.1 Å². The first-order valence-corrected chi connectivity index (χ1v) is 11.3. The van der Waals surface area contributed by atoms with Crippen molar-refractivity contribution in [2.45, 2.75) is 11.5 Å². The molecule has 0 saturated carbocycles. The van der Waals surface area contributed by atoms with Crippen LogP contribution in [0.25, 0.3) is 4.98 Å². The number of rotatable bonds is 4. The van der Waals surface area contributed by atoms with Gasteiger partial charge in [0.1, 0.15) is 11.6 Å². The van der Waals surface area contributed by atoms with Gasteiger partial charge in [0.15, 0.2) is 4.98 Å². The highest BCUT2D eigenvalue weighted by Gasteiger charge is 2.09. The molecule has 0 unspecified atom stereocenters. The maximum Gasteiger partial charge on any atom is 0.385 e. The highest BCUT2D eigenvalue weighted by molar-refractivity contribution is 7.79. The van der Waals surface area contributed by atoms with E-state index in [4.69, 9.17) is 10.5 Å². The van der Waals surface area contributed by atoms with E-state index in [2.05, 4.69) is 60.4 Å². The van der Waals surface area contributed by atoms with Gasteiger partial charge in [0.2, 0.25) is 22.8 Å². The van der Waals surface area contributed by atoms with Crippen molar-refractivity contribution in [2.75, 3.05) is 0 Å². The van der Waals surface area contributed by atoms with Gasteiger partial charge in [-0.3, -0.25) is 9.59 Å². The molecule has 0 atom stereocenters. The average Bonchev–Trinajstić information content (AvgIpc) is 2.89. The number of nitrogens with one attached hydrogen (secondary N) is 2. The molecule has 12 nitrogen and oxygen atoms in total. The summed E-state index contributed by atoms with van der Waals surface area (Å²) >= 11 is 7.81. The van der Waals surface area contributed by atoms with Crippen LogP contribution in [0.3, 0.4) is 0 Å². The Kier molecular flexibility index (Phi) is 11.3. The van der Waals surface area contributed by atoms with Crippen molar-refractivity contribution in [3.05, 3.63) is 104 Å². The van der Waals surface area contributed by atoms with Crippen molar-refractivity contribution in [1.29, 1.82) is 5.39 Å². The molecule has 4 rings (SSSR count). The van der Waals surface area contributed by atoms with Crippen molar-refractivity contribution in [1.82, 2.24) is 19.9 Å². The summed E-state index contributed by atoms with van der Waals surface area (Å²) in [4.78, 5) is 37.3. The zero-order chi connectivity index (χ0) is 26.3. The van der Waals surface area contributed by atoms with E-state index in [-0.39, 0.29) is 28.7 Å². The Morgan fingerprint density at radius 3 is 1.94 bits per heavy atom. The van der Waals surface area contributed by atoms with E-state index < -0.39 is 11.4 Å². The van der Waals surface area contributed by atoms with Crippen LogP contribution < -0.4 is 11.1 Å². The predicted molar refractivity (Wildman–Crippen MR) is 140 cm³/mol. The van der Waals surface area contributed by atoms with Gasteiger partial charge in [0, 0.05) is 23.6 Å². The Morgan fingerprint density at radius 2 is 1.44 bits per heavy atom. The molecule has 0 aliphatic rings. The molecule has 0 fully saturated rings. The number of diazo groups is 1. The molecule has 0 bridgehead atoms. The van der Waals surface area contributed by atoms with Crippen LogP contribution in [0.15, 0.2) is 86.5 Å². The van der Waals surface area contributed by atoms with Gasteiger partial charge < -0.3 is 20.2 Å². The quantitative estimate of drug-likeness (QED) is 0.129. The lowest BCUT2D eigenvalue weighted by Crippen LogP contribution is -2.09. The lowest BCUT2D eigenvalue weighted by atomic mass is 10.3. The topological polar surface area (TPSA) is 185 Å². The Morgan fingerprint density at radius 1 is 0.861 bits per heavy atom. The third-order valence-corrected chi connectivity index (χ3v) is 4.49. The van der Waals surface area contributed by atoms with E-state index in [1.165, 1.54) is 0 Å². The zero-order valence-corrected chi connectivity index (χ0v) is 20.3. The van der Waals surface area contributed by atoms with E-state index in [1.54, 1.807) is 36.4 Å². The number of aromatic nitrogens is 4. The van der Waals surface area contributed by atoms with Gasteiger partial charge in [0.25, 0.3) is 11.1 Å². The van der Waals surface area contributed by atoms with Gasteiger partial charge in [0.05, 0.1) is 11.8 Å². The first kappa shape index (κ1) is 27.8. The van der Waals surface area contributed by atoms with Crippen LogP contribution in [0, 0.1) is 5.39 Å². The fraction of sp³-hybridized carbons (Fsp3) is 0.0909. The third kappa shape index (κ3) is 9.41. The van der Waals surface area contributed by atoms with Gasteiger partial charge in [-0.2, -0.15) is 40.3 Å². The molecule has 14 heteroatoms. The SMILES string of the molecule is N#[N+]c1ccccc1.O=c1[nH]c(CS)nc(O)c1N=Nc1ccccc1.O=c1cc(O)nc(CS)[nH]1. The fourth-order valence-corrected chi connectivity index (χ4v) is 2.63. The Balaban J connectivity index is 0.000000213. The standard InChI is InChI=1S/C11H10N4O2S.C6H5N2.C5H6N2O2S/c16-10-9(11(17)13-8(6-18)12-10)15-14-7-4-2-1-3-5-7;7-8-6-4-2-1-3-5-6;8-4-1-5(9)7-3(2-10)6-4/h1-5,18H,6H2,(H2,12,13,16,17);1-5H;1,10H,2H2,(H2,6,7,8,9)/q;+1;. The summed E-state index contributed by atoms with van der Waals surface area (Å²) in [5, 5.41) is 34.0. The second-order valence-corrected chi connectivity index (χ2v) is 7.15. The number of aromatic amines is 2. The second kappa shape index (κ2) is 14.7. The predicted octanol–water partition coefficient (Wildman–Crippen LogP) is 4.40. The summed E-state index contributed by atoms with van der Waals surface area (Å²) < 4.78 is 0. The largest absolute Gasteiger partial charge is 0.493 e. The molecule has 0 saturated heterocycles. The fourth-order valence-electron chi connectivity index (χ4n) is 2.33. The molecule has 0 aliphatic heterocycles. The van der Waals surface area contributed by atoms with Gasteiger partial charge >= 0.3 is 5.69 Å². The summed E-state index contributed by atoms with van der Waals surface area (Å²) in [6, 6.07) is 18.8. The molecule has 4 aromatic rings. The molecule has 0 spiro atoms. The zero-order valence-electron chi connectivity index (χ0n) is 18.6. The van der Waals surface area contributed by atoms with Crippen molar-refractivity contribution >= 4 is 42.3 Å². The van der Waals surface area contributed by atoms with Crippen molar-refractivity contribution < 1.29 is 10.2 Å². The van der Waals surface area contributed by atoms with Crippen LogP contribution >= 0.6 is 25.3 Å². The maximum absolute atomic E-state index is 11.6. The molecule has 2 aromatic heterocycles. The number of H-pyrrole nitrogens is 2. The third-order valence-electron chi connectivity index (χ3n) is 3.90. The lowest BCUT2D eigenvalue weighted by molar-refractivity contribution is 0.448. The number of thiol groups is 2. The smallest absolute Gasteiger partial charge is 0.385 e. The number of azo groups is 1. The molecular formula is C22H21N8O4S2+. The maximum atomic E-state index is 11.6. The number of hydrogen-bond donors (Lipinski definition) is 6. The van der Waals surface area contributed by atoms with Crippen LogP contribution in [-0.4, -0.2) is 30.1 Å². The Hall–Kier alpha value is -4.48. The van der Waals surface area contributed by atoms with Crippen molar-refractivity contribution in [2.24, 2.45) is 10.2 Å². The van der Waals surface area contributed by atoms with Gasteiger partial charge in [-0.25, -0.2) is 0 Å². The van der Waals surface area contributed by atoms with Crippen LogP contribution in [0.1, 0.15) is 11.6 Å². The summed E-state index contributed by atoms with van der Waals surface area (Å²) in [7, 11) is 0. The monoisotopic (exact) mass is 525 g/mol. The molecule has 36 heavy (non-hydrogen) atoms. The first-order chi connectivity index (χ1) is 17.4. The number of nitrogens with zero attached hydrogens (tertiary/aromatic N) is 6. The van der Waals surface area contributed by atoms with E-state index in [0.29, 0.717) is 23.0 Å². The minimum atomic E-state index is -0.550. The molecule has 4 N–H and O–H groups in total. The Labute approximate surface area is 215 Å². The summed E-state index contributed by atoms with van der Waals surface area (Å²) in [5.41, 5.74) is 0.0363. The average molecular weight is 526 g/mol. The molecule has 0 aliphatic carbocycles. The highest BCUT2D eigenvalue weighted by Crippen LogP contribution is 2.21. The first-order valence-electron chi connectivity index (χ1n) is 10.1. The van der Waals surface area contributed by atoms with Crippen LogP contribution in [0.4, 0.5) is 17.1 Å². The van der Waals surface area contributed by atoms with E-state index >= 15 is 0 Å². The number of aromatic hydroxyl groups is 2.